The quantitative estimate of drug-likeness (QED) is 0.879. The van der Waals surface area contributed by atoms with E-state index in [2.05, 4.69) is 15.2 Å². The van der Waals surface area contributed by atoms with Crippen LogP contribution in [-0.4, -0.2) is 18.2 Å². The Kier molecular flexibility index (Phi) is 4.21. The maximum atomic E-state index is 13.4. The fourth-order valence-corrected chi connectivity index (χ4v) is 1.91. The fraction of sp³-hybridized carbons (Fsp3) is 0.286. The van der Waals surface area contributed by atoms with E-state index in [9.17, 15) is 13.6 Å². The first-order valence-corrected chi connectivity index (χ1v) is 6.17. The van der Waals surface area contributed by atoms with E-state index in [-0.39, 0.29) is 17.8 Å². The summed E-state index contributed by atoms with van der Waals surface area (Å²) in [5.74, 6) is -2.31. The summed E-state index contributed by atoms with van der Waals surface area (Å²) < 4.78 is 36.2. The van der Waals surface area contributed by atoms with Gasteiger partial charge in [0.15, 0.2) is 11.6 Å². The van der Waals surface area contributed by atoms with Crippen molar-refractivity contribution in [1.29, 1.82) is 0 Å². The van der Waals surface area contributed by atoms with Crippen LogP contribution < -0.4 is 5.32 Å². The number of benzene rings is 1. The minimum Gasteiger partial charge on any atom is -0.465 e. The molecule has 0 aliphatic heterocycles. The van der Waals surface area contributed by atoms with E-state index in [4.69, 9.17) is 4.52 Å². The maximum absolute atomic E-state index is 13.4. The van der Waals surface area contributed by atoms with Crippen LogP contribution in [-0.2, 0) is 11.3 Å². The lowest BCUT2D eigenvalue weighted by molar-refractivity contribution is 0.0601. The SMILES string of the molecule is COC(=O)c1cc(F)c(F)cc1NCc1c(C)noc1C. The Morgan fingerprint density at radius 2 is 2.00 bits per heavy atom. The van der Waals surface area contributed by atoms with Crippen LogP contribution in [0.5, 0.6) is 0 Å². The highest BCUT2D eigenvalue weighted by Gasteiger charge is 2.17. The van der Waals surface area contributed by atoms with Crippen LogP contribution in [0.3, 0.4) is 0 Å². The number of anilines is 1. The molecule has 112 valence electrons. The molecule has 0 aliphatic carbocycles. The highest BCUT2D eigenvalue weighted by molar-refractivity contribution is 5.95. The summed E-state index contributed by atoms with van der Waals surface area (Å²) in [6.45, 7) is 3.76. The molecule has 21 heavy (non-hydrogen) atoms. The lowest BCUT2D eigenvalue weighted by atomic mass is 10.1. The van der Waals surface area contributed by atoms with E-state index in [1.54, 1.807) is 13.8 Å². The molecule has 0 fully saturated rings. The summed E-state index contributed by atoms with van der Waals surface area (Å²) >= 11 is 0. The number of halogens is 2. The maximum Gasteiger partial charge on any atom is 0.340 e. The van der Waals surface area contributed by atoms with Gasteiger partial charge in [-0.3, -0.25) is 0 Å². The summed E-state index contributed by atoms with van der Waals surface area (Å²) in [5, 5.41) is 6.67. The van der Waals surface area contributed by atoms with Crippen molar-refractivity contribution in [2.75, 3.05) is 12.4 Å². The van der Waals surface area contributed by atoms with Crippen LogP contribution in [0.4, 0.5) is 14.5 Å². The number of carbonyl (C=O) groups excluding carboxylic acids is 1. The molecule has 0 atom stereocenters. The second kappa shape index (κ2) is 5.90. The van der Waals surface area contributed by atoms with E-state index in [1.165, 1.54) is 7.11 Å². The van der Waals surface area contributed by atoms with Gasteiger partial charge in [0.05, 0.1) is 24.1 Å². The first-order chi connectivity index (χ1) is 9.93. The van der Waals surface area contributed by atoms with Gasteiger partial charge >= 0.3 is 5.97 Å². The molecule has 0 radical (unpaired) electrons. The van der Waals surface area contributed by atoms with Crippen molar-refractivity contribution in [1.82, 2.24) is 5.16 Å². The number of hydrogen-bond acceptors (Lipinski definition) is 5. The molecule has 0 unspecified atom stereocenters. The molecule has 1 aromatic carbocycles. The zero-order valence-corrected chi connectivity index (χ0v) is 11.8. The second-order valence-corrected chi connectivity index (χ2v) is 4.46. The third-order valence-electron chi connectivity index (χ3n) is 3.10. The Labute approximate surface area is 119 Å². The topological polar surface area (TPSA) is 64.4 Å². The van der Waals surface area contributed by atoms with Gasteiger partial charge < -0.3 is 14.6 Å². The van der Waals surface area contributed by atoms with Crippen LogP contribution in [0.2, 0.25) is 0 Å². The summed E-state index contributed by atoms with van der Waals surface area (Å²) in [6, 6.07) is 1.72. The molecule has 7 heteroatoms. The van der Waals surface area contributed by atoms with E-state index >= 15 is 0 Å². The zero-order valence-electron chi connectivity index (χ0n) is 11.8. The number of aromatic nitrogens is 1. The Morgan fingerprint density at radius 3 is 2.57 bits per heavy atom. The van der Waals surface area contributed by atoms with Gasteiger partial charge in [0.1, 0.15) is 5.76 Å². The molecular formula is C14H14F2N2O3. The smallest absolute Gasteiger partial charge is 0.340 e. The first kappa shape index (κ1) is 15.0. The second-order valence-electron chi connectivity index (χ2n) is 4.46. The monoisotopic (exact) mass is 296 g/mol. The van der Waals surface area contributed by atoms with Crippen molar-refractivity contribution in [3.05, 3.63) is 46.3 Å². The average Bonchev–Trinajstić information content (AvgIpc) is 2.78. The highest BCUT2D eigenvalue weighted by atomic mass is 19.2. The summed E-state index contributed by atoms with van der Waals surface area (Å²) in [5.41, 5.74) is 1.53. The molecule has 1 aromatic heterocycles. The van der Waals surface area contributed by atoms with E-state index < -0.39 is 17.6 Å². The number of rotatable bonds is 4. The van der Waals surface area contributed by atoms with Crippen LogP contribution >= 0.6 is 0 Å². The molecule has 0 aliphatic rings. The average molecular weight is 296 g/mol. The molecule has 0 spiro atoms. The number of ether oxygens (including phenoxy) is 1. The van der Waals surface area contributed by atoms with Gasteiger partial charge in [0.25, 0.3) is 0 Å². The van der Waals surface area contributed by atoms with E-state index in [0.29, 0.717) is 11.5 Å². The van der Waals surface area contributed by atoms with Gasteiger partial charge in [-0.15, -0.1) is 0 Å². The highest BCUT2D eigenvalue weighted by Crippen LogP contribution is 2.23. The number of carbonyl (C=O) groups is 1. The van der Waals surface area contributed by atoms with E-state index in [1.807, 2.05) is 0 Å². The predicted molar refractivity (Wildman–Crippen MR) is 71.0 cm³/mol. The molecule has 0 saturated heterocycles. The number of hydrogen-bond donors (Lipinski definition) is 1. The minimum absolute atomic E-state index is 0.0804. The van der Waals surface area contributed by atoms with E-state index in [0.717, 1.165) is 17.7 Å². The van der Waals surface area contributed by atoms with Gasteiger partial charge in [0, 0.05) is 18.2 Å². The molecule has 2 aromatic rings. The van der Waals surface area contributed by atoms with Crippen molar-refractivity contribution in [2.45, 2.75) is 20.4 Å². The van der Waals surface area contributed by atoms with Crippen molar-refractivity contribution >= 4 is 11.7 Å². The van der Waals surface area contributed by atoms with Crippen molar-refractivity contribution < 1.29 is 22.8 Å². The van der Waals surface area contributed by atoms with Gasteiger partial charge in [0.2, 0.25) is 0 Å². The molecule has 5 nitrogen and oxygen atoms in total. The number of esters is 1. The number of nitrogens with one attached hydrogen (secondary N) is 1. The molecule has 2 rings (SSSR count). The third kappa shape index (κ3) is 3.01. The molecule has 1 N–H and O–H groups in total. The Bertz CT molecular complexity index is 664. The summed E-state index contributed by atoms with van der Waals surface area (Å²) in [4.78, 5) is 11.6. The van der Waals surface area contributed by atoms with Crippen molar-refractivity contribution in [3.8, 4) is 0 Å². The third-order valence-corrected chi connectivity index (χ3v) is 3.10. The Morgan fingerprint density at radius 1 is 1.33 bits per heavy atom. The standard InChI is InChI=1S/C14H14F2N2O3/c1-7-10(8(2)21-18-7)6-17-13-5-12(16)11(15)4-9(13)14(19)20-3/h4-5,17H,6H2,1-3H3. The first-order valence-electron chi connectivity index (χ1n) is 6.17. The van der Waals surface area contributed by atoms with Crippen LogP contribution in [0.25, 0.3) is 0 Å². The fourth-order valence-electron chi connectivity index (χ4n) is 1.91. The van der Waals surface area contributed by atoms with Gasteiger partial charge in [-0.05, 0) is 19.9 Å². The van der Waals surface area contributed by atoms with Crippen LogP contribution in [0.1, 0.15) is 27.4 Å². The number of aryl methyl sites for hydroxylation is 2. The zero-order chi connectivity index (χ0) is 15.6. The largest absolute Gasteiger partial charge is 0.465 e. The molecule has 1 heterocycles. The minimum atomic E-state index is -1.11. The van der Waals surface area contributed by atoms with Gasteiger partial charge in [-0.1, -0.05) is 5.16 Å². The molecule has 0 bridgehead atoms. The van der Waals surface area contributed by atoms with Crippen molar-refractivity contribution in [2.24, 2.45) is 0 Å². The number of nitrogens with zero attached hydrogens (tertiary/aromatic N) is 1. The number of methoxy groups -OCH3 is 1. The molecular weight excluding hydrogens is 282 g/mol. The summed E-state index contributed by atoms with van der Waals surface area (Å²) in [7, 11) is 1.17. The van der Waals surface area contributed by atoms with Gasteiger partial charge in [-0.2, -0.15) is 0 Å². The van der Waals surface area contributed by atoms with Gasteiger partial charge in [-0.25, -0.2) is 13.6 Å². The lowest BCUT2D eigenvalue weighted by Gasteiger charge is -2.11. The predicted octanol–water partition coefficient (Wildman–Crippen LogP) is 2.97. The Hall–Kier alpha value is -2.44. The van der Waals surface area contributed by atoms with Crippen molar-refractivity contribution in [3.63, 3.8) is 0 Å². The van der Waals surface area contributed by atoms with Crippen LogP contribution in [0.15, 0.2) is 16.7 Å². The van der Waals surface area contributed by atoms with Crippen LogP contribution in [0, 0.1) is 25.5 Å². The normalized spacial score (nSPS) is 10.5. The molecule has 0 saturated carbocycles. The Balaban J connectivity index is 2.31. The summed E-state index contributed by atoms with van der Waals surface area (Å²) in [6.07, 6.45) is 0. The molecule has 0 amide bonds. The lowest BCUT2D eigenvalue weighted by Crippen LogP contribution is -2.10.